The van der Waals surface area contributed by atoms with Gasteiger partial charge in [0.2, 0.25) is 5.91 Å². The van der Waals surface area contributed by atoms with E-state index < -0.39 is 4.92 Å². The summed E-state index contributed by atoms with van der Waals surface area (Å²) in [5, 5.41) is 14.3. The second kappa shape index (κ2) is 7.99. The summed E-state index contributed by atoms with van der Waals surface area (Å²) in [5.41, 5.74) is 3.36. The van der Waals surface area contributed by atoms with E-state index >= 15 is 0 Å². The predicted octanol–water partition coefficient (Wildman–Crippen LogP) is 2.57. The van der Waals surface area contributed by atoms with E-state index in [0.29, 0.717) is 11.5 Å². The van der Waals surface area contributed by atoms with Crippen molar-refractivity contribution in [1.29, 1.82) is 0 Å². The van der Waals surface area contributed by atoms with Crippen LogP contribution in [0.2, 0.25) is 0 Å². The number of benzene rings is 1. The Hall–Kier alpha value is -2.61. The van der Waals surface area contributed by atoms with Crippen LogP contribution in [0, 0.1) is 10.1 Å². The van der Waals surface area contributed by atoms with E-state index in [9.17, 15) is 14.9 Å². The summed E-state index contributed by atoms with van der Waals surface area (Å²) in [6.45, 7) is 0. The number of nitro groups is 1. The first kappa shape index (κ1) is 15.8. The lowest BCUT2D eigenvalue weighted by molar-refractivity contribution is -0.384. The summed E-state index contributed by atoms with van der Waals surface area (Å²) < 4.78 is 5.03. The highest BCUT2D eigenvalue weighted by atomic mass is 32.2. The maximum absolute atomic E-state index is 11.5. The van der Waals surface area contributed by atoms with Gasteiger partial charge < -0.3 is 4.42 Å². The van der Waals surface area contributed by atoms with E-state index in [1.165, 1.54) is 36.4 Å². The molecule has 0 fully saturated rings. The topological polar surface area (TPSA) is 97.7 Å². The summed E-state index contributed by atoms with van der Waals surface area (Å²) in [7, 11) is 0. The van der Waals surface area contributed by atoms with E-state index in [-0.39, 0.29) is 17.3 Å². The monoisotopic (exact) mass is 319 g/mol. The van der Waals surface area contributed by atoms with Gasteiger partial charge in [-0.15, -0.1) is 11.8 Å². The van der Waals surface area contributed by atoms with Crippen LogP contribution in [0.1, 0.15) is 11.3 Å². The predicted molar refractivity (Wildman–Crippen MR) is 83.7 cm³/mol. The van der Waals surface area contributed by atoms with Crippen LogP contribution in [0.5, 0.6) is 0 Å². The van der Waals surface area contributed by atoms with Gasteiger partial charge in [0.25, 0.3) is 5.69 Å². The molecule has 114 valence electrons. The average Bonchev–Trinajstić information content (AvgIpc) is 3.01. The number of rotatable bonds is 7. The molecule has 0 radical (unpaired) electrons. The van der Waals surface area contributed by atoms with Gasteiger partial charge in [0, 0.05) is 17.9 Å². The Bertz CT molecular complexity index is 653. The molecule has 0 aliphatic heterocycles. The average molecular weight is 319 g/mol. The molecule has 0 saturated carbocycles. The number of furan rings is 1. The Balaban J connectivity index is 1.69. The van der Waals surface area contributed by atoms with Crippen molar-refractivity contribution >= 4 is 29.6 Å². The molecule has 0 spiro atoms. The van der Waals surface area contributed by atoms with Gasteiger partial charge in [0.05, 0.1) is 23.2 Å². The number of non-ortho nitro benzene ring substituents is 1. The second-order valence-electron chi connectivity index (χ2n) is 4.22. The van der Waals surface area contributed by atoms with Gasteiger partial charge in [-0.1, -0.05) is 12.1 Å². The molecule has 0 unspecified atom stereocenters. The number of nitrogens with zero attached hydrogens (tertiary/aromatic N) is 2. The second-order valence-corrected chi connectivity index (χ2v) is 5.21. The highest BCUT2D eigenvalue weighted by molar-refractivity contribution is 7.99. The van der Waals surface area contributed by atoms with Crippen molar-refractivity contribution in [3.05, 3.63) is 64.1 Å². The van der Waals surface area contributed by atoms with Gasteiger partial charge in [0.15, 0.2) is 0 Å². The number of carbonyl (C=O) groups is 1. The highest BCUT2D eigenvalue weighted by Crippen LogP contribution is 2.16. The molecule has 0 aliphatic rings. The molecular formula is C14H13N3O4S. The van der Waals surface area contributed by atoms with Crippen molar-refractivity contribution in [2.75, 3.05) is 5.75 Å². The maximum atomic E-state index is 11.5. The van der Waals surface area contributed by atoms with Crippen molar-refractivity contribution < 1.29 is 14.1 Å². The summed E-state index contributed by atoms with van der Waals surface area (Å²) in [4.78, 5) is 21.6. The van der Waals surface area contributed by atoms with Crippen LogP contribution in [-0.4, -0.2) is 22.8 Å². The Kier molecular flexibility index (Phi) is 5.73. The molecule has 2 aromatic rings. The molecule has 0 bridgehead atoms. The van der Waals surface area contributed by atoms with Crippen LogP contribution in [0.3, 0.4) is 0 Å². The van der Waals surface area contributed by atoms with Crippen LogP contribution < -0.4 is 5.43 Å². The first-order valence-corrected chi connectivity index (χ1v) is 7.47. The molecule has 1 N–H and O–H groups in total. The van der Waals surface area contributed by atoms with Crippen molar-refractivity contribution in [3.63, 3.8) is 0 Å². The Labute approximate surface area is 130 Å². The van der Waals surface area contributed by atoms with Crippen molar-refractivity contribution in [3.8, 4) is 0 Å². The molecular weight excluding hydrogens is 306 g/mol. The summed E-state index contributed by atoms with van der Waals surface area (Å²) in [6, 6.07) is 9.70. The summed E-state index contributed by atoms with van der Waals surface area (Å²) >= 11 is 1.40. The molecule has 1 aromatic heterocycles. The fraction of sp³-hybridized carbons (Fsp3) is 0.143. The van der Waals surface area contributed by atoms with Crippen LogP contribution in [0.4, 0.5) is 5.69 Å². The van der Waals surface area contributed by atoms with E-state index in [1.807, 2.05) is 0 Å². The number of hydrogen-bond acceptors (Lipinski definition) is 6. The first-order chi connectivity index (χ1) is 10.6. The minimum atomic E-state index is -0.443. The lowest BCUT2D eigenvalue weighted by Crippen LogP contribution is -2.19. The summed E-state index contributed by atoms with van der Waals surface area (Å²) in [6.07, 6.45) is 2.93. The number of nitrogens with one attached hydrogen (secondary N) is 1. The van der Waals surface area contributed by atoms with Crippen molar-refractivity contribution in [1.82, 2.24) is 5.43 Å². The van der Waals surface area contributed by atoms with Crippen LogP contribution in [-0.2, 0) is 10.5 Å². The third-order valence-electron chi connectivity index (χ3n) is 2.57. The quantitative estimate of drug-likeness (QED) is 0.480. The molecule has 0 saturated heterocycles. The molecule has 1 aromatic carbocycles. The zero-order valence-electron chi connectivity index (χ0n) is 11.5. The largest absolute Gasteiger partial charge is 0.463 e. The van der Waals surface area contributed by atoms with E-state index in [4.69, 9.17) is 4.42 Å². The minimum absolute atomic E-state index is 0.0544. The van der Waals surface area contributed by atoms with Crippen LogP contribution in [0.15, 0.2) is 52.2 Å². The van der Waals surface area contributed by atoms with Crippen molar-refractivity contribution in [2.24, 2.45) is 5.10 Å². The summed E-state index contributed by atoms with van der Waals surface area (Å²) in [5.74, 6) is 1.16. The SMILES string of the molecule is O=C(CSCc1ccc([N+](=O)[O-])cc1)NN=Cc1ccco1. The molecule has 1 heterocycles. The highest BCUT2D eigenvalue weighted by Gasteiger charge is 2.05. The molecule has 22 heavy (non-hydrogen) atoms. The van der Waals surface area contributed by atoms with Crippen LogP contribution in [0.25, 0.3) is 0 Å². The number of nitro benzene ring substituents is 1. The molecule has 1 amide bonds. The zero-order valence-corrected chi connectivity index (χ0v) is 12.3. The van der Waals surface area contributed by atoms with Gasteiger partial charge in [-0.2, -0.15) is 5.10 Å². The Morgan fingerprint density at radius 3 is 2.77 bits per heavy atom. The molecule has 0 aliphatic carbocycles. The molecule has 0 atom stereocenters. The normalized spacial score (nSPS) is 10.7. The first-order valence-electron chi connectivity index (χ1n) is 6.31. The minimum Gasteiger partial charge on any atom is -0.463 e. The van der Waals surface area contributed by atoms with E-state index in [0.717, 1.165) is 5.56 Å². The standard InChI is InChI=1S/C14H13N3O4S/c18-14(16-15-8-13-2-1-7-21-13)10-22-9-11-3-5-12(6-4-11)17(19)20/h1-8H,9-10H2,(H,16,18). The lowest BCUT2D eigenvalue weighted by atomic mass is 10.2. The Morgan fingerprint density at radius 2 is 2.14 bits per heavy atom. The van der Waals surface area contributed by atoms with E-state index in [1.54, 1.807) is 24.3 Å². The Morgan fingerprint density at radius 1 is 1.36 bits per heavy atom. The zero-order chi connectivity index (χ0) is 15.8. The third kappa shape index (κ3) is 5.06. The number of hydrogen-bond donors (Lipinski definition) is 1. The fourth-order valence-electron chi connectivity index (χ4n) is 1.54. The smallest absolute Gasteiger partial charge is 0.269 e. The molecule has 8 heteroatoms. The van der Waals surface area contributed by atoms with Gasteiger partial charge >= 0.3 is 0 Å². The maximum Gasteiger partial charge on any atom is 0.269 e. The fourth-order valence-corrected chi connectivity index (χ4v) is 2.32. The van der Waals surface area contributed by atoms with Gasteiger partial charge in [0.1, 0.15) is 5.76 Å². The van der Waals surface area contributed by atoms with Gasteiger partial charge in [-0.3, -0.25) is 14.9 Å². The van der Waals surface area contributed by atoms with Crippen LogP contribution >= 0.6 is 11.8 Å². The number of thioether (sulfide) groups is 1. The molecule has 7 nitrogen and oxygen atoms in total. The van der Waals surface area contributed by atoms with Crippen molar-refractivity contribution in [2.45, 2.75) is 5.75 Å². The number of hydrazone groups is 1. The molecule has 2 rings (SSSR count). The number of carbonyl (C=O) groups excluding carboxylic acids is 1. The number of amides is 1. The lowest BCUT2D eigenvalue weighted by Gasteiger charge is -2.01. The van der Waals surface area contributed by atoms with Gasteiger partial charge in [-0.05, 0) is 17.7 Å². The van der Waals surface area contributed by atoms with Gasteiger partial charge in [-0.25, -0.2) is 5.43 Å². The third-order valence-corrected chi connectivity index (χ3v) is 3.58. The van der Waals surface area contributed by atoms with E-state index in [2.05, 4.69) is 10.5 Å².